The molecule has 136 valence electrons. The van der Waals surface area contributed by atoms with E-state index in [0.29, 0.717) is 0 Å². The van der Waals surface area contributed by atoms with Crippen molar-refractivity contribution in [3.63, 3.8) is 0 Å². The number of benzene rings is 4. The maximum Gasteiger partial charge on any atom is -0.00170 e. The van der Waals surface area contributed by atoms with Gasteiger partial charge in [-0.15, -0.1) is 0 Å². The van der Waals surface area contributed by atoms with Gasteiger partial charge in [-0.05, 0) is 93.2 Å². The highest BCUT2D eigenvalue weighted by molar-refractivity contribution is 6.02. The van der Waals surface area contributed by atoms with Gasteiger partial charge < -0.3 is 0 Å². The van der Waals surface area contributed by atoms with Gasteiger partial charge in [0.25, 0.3) is 0 Å². The second-order valence-corrected chi connectivity index (χ2v) is 7.28. The third-order valence-electron chi connectivity index (χ3n) is 6.00. The van der Waals surface area contributed by atoms with E-state index in [0.717, 1.165) is 19.3 Å². The monoisotopic (exact) mass is 352 g/mol. The van der Waals surface area contributed by atoms with Crippen LogP contribution in [0.15, 0.2) is 60.7 Å². The van der Waals surface area contributed by atoms with Gasteiger partial charge in [0.05, 0.1) is 0 Å². The standard InChI is InChI=1S/C25H22.C2H6/c1-3-21-24-14-19-10-6-4-8-17(19)12-22(24)16(2)23-13-18-9-5-7-11-20(18)15-25(21)23;1-2/h4-12,14H,3,13,15H2,1-2H3;1-2H3. The van der Waals surface area contributed by atoms with Gasteiger partial charge in [-0.2, -0.15) is 0 Å². The average molecular weight is 353 g/mol. The fourth-order valence-electron chi connectivity index (χ4n) is 4.67. The zero-order valence-electron chi connectivity index (χ0n) is 16.9. The van der Waals surface area contributed by atoms with Gasteiger partial charge in [0.2, 0.25) is 0 Å². The van der Waals surface area contributed by atoms with Gasteiger partial charge in [-0.1, -0.05) is 69.3 Å². The summed E-state index contributed by atoms with van der Waals surface area (Å²) in [5, 5.41) is 5.59. The Morgan fingerprint density at radius 2 is 1.22 bits per heavy atom. The summed E-state index contributed by atoms with van der Waals surface area (Å²) < 4.78 is 0. The molecular weight excluding hydrogens is 324 g/mol. The van der Waals surface area contributed by atoms with Crippen molar-refractivity contribution in [3.8, 4) is 0 Å². The maximum atomic E-state index is 2.41. The number of rotatable bonds is 1. The molecular formula is C27H28. The Kier molecular flexibility index (Phi) is 4.74. The van der Waals surface area contributed by atoms with Crippen molar-refractivity contribution < 1.29 is 0 Å². The predicted octanol–water partition coefficient (Wildman–Crippen LogP) is 7.39. The van der Waals surface area contributed by atoms with E-state index in [1.54, 1.807) is 16.7 Å². The quantitative estimate of drug-likeness (QED) is 0.276. The summed E-state index contributed by atoms with van der Waals surface area (Å²) in [6.45, 7) is 8.63. The summed E-state index contributed by atoms with van der Waals surface area (Å²) in [6, 6.07) is 22.5. The second kappa shape index (κ2) is 7.19. The molecule has 0 saturated heterocycles. The van der Waals surface area contributed by atoms with Crippen LogP contribution >= 0.6 is 0 Å². The van der Waals surface area contributed by atoms with Crippen molar-refractivity contribution in [2.24, 2.45) is 0 Å². The van der Waals surface area contributed by atoms with Crippen molar-refractivity contribution in [1.82, 2.24) is 0 Å². The van der Waals surface area contributed by atoms with E-state index in [9.17, 15) is 0 Å². The number of fused-ring (bicyclic) bond motifs is 4. The van der Waals surface area contributed by atoms with Crippen molar-refractivity contribution in [2.45, 2.75) is 47.0 Å². The second-order valence-electron chi connectivity index (χ2n) is 7.28. The summed E-state index contributed by atoms with van der Waals surface area (Å²) in [7, 11) is 0. The first-order valence-corrected chi connectivity index (χ1v) is 10.3. The van der Waals surface area contributed by atoms with E-state index < -0.39 is 0 Å². The summed E-state index contributed by atoms with van der Waals surface area (Å²) in [4.78, 5) is 0. The van der Waals surface area contributed by atoms with E-state index >= 15 is 0 Å². The molecule has 0 fully saturated rings. The van der Waals surface area contributed by atoms with Crippen LogP contribution in [0.4, 0.5) is 0 Å². The highest BCUT2D eigenvalue weighted by Crippen LogP contribution is 2.38. The molecule has 5 rings (SSSR count). The maximum absolute atomic E-state index is 2.41. The Hall–Kier alpha value is -2.60. The molecule has 1 aliphatic rings. The zero-order valence-corrected chi connectivity index (χ0v) is 16.9. The first-order valence-electron chi connectivity index (χ1n) is 10.3. The lowest BCUT2D eigenvalue weighted by Gasteiger charge is -2.26. The molecule has 27 heavy (non-hydrogen) atoms. The smallest absolute Gasteiger partial charge is 0.00170 e. The Balaban J connectivity index is 0.000000872. The molecule has 0 heterocycles. The summed E-state index contributed by atoms with van der Waals surface area (Å²) in [5.74, 6) is 0. The lowest BCUT2D eigenvalue weighted by Crippen LogP contribution is -2.12. The van der Waals surface area contributed by atoms with E-state index in [1.807, 2.05) is 13.8 Å². The minimum atomic E-state index is 1.08. The van der Waals surface area contributed by atoms with Crippen LogP contribution in [-0.2, 0) is 19.3 Å². The van der Waals surface area contributed by atoms with E-state index in [1.165, 1.54) is 38.2 Å². The summed E-state index contributed by atoms with van der Waals surface area (Å²) >= 11 is 0. The van der Waals surface area contributed by atoms with E-state index in [2.05, 4.69) is 74.5 Å². The minimum Gasteiger partial charge on any atom is -0.0683 e. The third-order valence-corrected chi connectivity index (χ3v) is 6.00. The third kappa shape index (κ3) is 2.84. The van der Waals surface area contributed by atoms with E-state index in [4.69, 9.17) is 0 Å². The van der Waals surface area contributed by atoms with Crippen LogP contribution in [-0.4, -0.2) is 0 Å². The lowest BCUT2D eigenvalue weighted by molar-refractivity contribution is 0.959. The van der Waals surface area contributed by atoms with Crippen LogP contribution in [0.5, 0.6) is 0 Å². The Labute approximate surface area is 162 Å². The SMILES string of the molecule is CC.CCc1c2c(c(C)c3cc4ccccc4cc13)Cc1ccccc1C2. The number of hydrogen-bond acceptors (Lipinski definition) is 0. The van der Waals surface area contributed by atoms with Gasteiger partial charge in [-0.3, -0.25) is 0 Å². The first kappa shape index (κ1) is 17.8. The summed E-state index contributed by atoms with van der Waals surface area (Å²) in [6.07, 6.45) is 3.25. The van der Waals surface area contributed by atoms with Crippen LogP contribution in [0.25, 0.3) is 21.5 Å². The molecule has 0 radical (unpaired) electrons. The topological polar surface area (TPSA) is 0 Å². The van der Waals surface area contributed by atoms with Gasteiger partial charge in [0, 0.05) is 0 Å². The van der Waals surface area contributed by atoms with Crippen LogP contribution in [0, 0.1) is 6.92 Å². The molecule has 0 atom stereocenters. The highest BCUT2D eigenvalue weighted by Gasteiger charge is 2.22. The van der Waals surface area contributed by atoms with Crippen molar-refractivity contribution in [3.05, 3.63) is 94.0 Å². The highest BCUT2D eigenvalue weighted by atomic mass is 14.3. The molecule has 0 saturated carbocycles. The van der Waals surface area contributed by atoms with Crippen molar-refractivity contribution >= 4 is 21.5 Å². The van der Waals surface area contributed by atoms with Gasteiger partial charge >= 0.3 is 0 Å². The van der Waals surface area contributed by atoms with Crippen molar-refractivity contribution in [2.75, 3.05) is 0 Å². The lowest BCUT2D eigenvalue weighted by atomic mass is 9.78. The molecule has 0 aliphatic heterocycles. The molecule has 1 aliphatic carbocycles. The molecule has 0 spiro atoms. The molecule has 4 aromatic rings. The molecule has 0 bridgehead atoms. The molecule has 4 aromatic carbocycles. The van der Waals surface area contributed by atoms with Crippen LogP contribution in [0.2, 0.25) is 0 Å². The minimum absolute atomic E-state index is 1.08. The molecule has 0 aromatic heterocycles. The number of hydrogen-bond donors (Lipinski definition) is 0. The first-order chi connectivity index (χ1) is 13.3. The van der Waals surface area contributed by atoms with Gasteiger partial charge in [0.1, 0.15) is 0 Å². The van der Waals surface area contributed by atoms with Gasteiger partial charge in [0.15, 0.2) is 0 Å². The zero-order chi connectivity index (χ0) is 19.0. The normalized spacial score (nSPS) is 12.3. The largest absolute Gasteiger partial charge is 0.0683 e. The molecule has 0 amide bonds. The Bertz CT molecular complexity index is 1130. The fourth-order valence-corrected chi connectivity index (χ4v) is 4.67. The van der Waals surface area contributed by atoms with Gasteiger partial charge in [-0.25, -0.2) is 0 Å². The molecule has 0 N–H and O–H groups in total. The summed E-state index contributed by atoms with van der Waals surface area (Å²) in [5.41, 5.74) is 9.18. The number of aryl methyl sites for hydroxylation is 2. The van der Waals surface area contributed by atoms with Crippen LogP contribution < -0.4 is 0 Å². The van der Waals surface area contributed by atoms with Crippen molar-refractivity contribution in [1.29, 1.82) is 0 Å². The average Bonchev–Trinajstić information content (AvgIpc) is 2.73. The van der Waals surface area contributed by atoms with Crippen LogP contribution in [0.1, 0.15) is 54.2 Å². The fraction of sp³-hybridized carbons (Fsp3) is 0.259. The molecule has 0 nitrogen and oxygen atoms in total. The molecule has 0 unspecified atom stereocenters. The Morgan fingerprint density at radius 3 is 1.81 bits per heavy atom. The van der Waals surface area contributed by atoms with Crippen LogP contribution in [0.3, 0.4) is 0 Å². The molecule has 0 heteroatoms. The Morgan fingerprint density at radius 1 is 0.704 bits per heavy atom. The van der Waals surface area contributed by atoms with E-state index in [-0.39, 0.29) is 0 Å². The predicted molar refractivity (Wildman–Crippen MR) is 119 cm³/mol.